The summed E-state index contributed by atoms with van der Waals surface area (Å²) in [5, 5.41) is 7.28. The highest BCUT2D eigenvalue weighted by molar-refractivity contribution is 6.33. The Morgan fingerprint density at radius 3 is 2.94 bits per heavy atom. The molecular weight excluding hydrogens is 252 g/mol. The highest BCUT2D eigenvalue weighted by Crippen LogP contribution is 2.14. The van der Waals surface area contributed by atoms with Crippen molar-refractivity contribution in [1.29, 1.82) is 0 Å². The number of halogens is 1. The van der Waals surface area contributed by atoms with Gasteiger partial charge in [0.05, 0.1) is 16.6 Å². The minimum Gasteiger partial charge on any atom is -0.350 e. The van der Waals surface area contributed by atoms with Gasteiger partial charge < -0.3 is 5.32 Å². The SMILES string of the molecule is C[C@@H](CNC(=O)c1ccccc1Cl)n1cncn1. The fraction of sp³-hybridized carbons (Fsp3) is 0.250. The normalized spacial score (nSPS) is 12.1. The summed E-state index contributed by atoms with van der Waals surface area (Å²) in [7, 11) is 0. The molecule has 0 aliphatic carbocycles. The molecule has 0 saturated carbocycles. The molecule has 0 bridgehead atoms. The highest BCUT2D eigenvalue weighted by atomic mass is 35.5. The Hall–Kier alpha value is -1.88. The van der Waals surface area contributed by atoms with Gasteiger partial charge >= 0.3 is 0 Å². The van der Waals surface area contributed by atoms with Crippen molar-refractivity contribution in [2.24, 2.45) is 0 Å². The zero-order valence-corrected chi connectivity index (χ0v) is 10.6. The van der Waals surface area contributed by atoms with Gasteiger partial charge in [0, 0.05) is 6.54 Å². The summed E-state index contributed by atoms with van der Waals surface area (Å²) in [6, 6.07) is 6.99. The van der Waals surface area contributed by atoms with Crippen LogP contribution in [-0.2, 0) is 0 Å². The van der Waals surface area contributed by atoms with Gasteiger partial charge in [-0.15, -0.1) is 0 Å². The quantitative estimate of drug-likeness (QED) is 0.918. The summed E-state index contributed by atoms with van der Waals surface area (Å²) in [6.07, 6.45) is 3.08. The molecule has 18 heavy (non-hydrogen) atoms. The van der Waals surface area contributed by atoms with E-state index < -0.39 is 0 Å². The number of aromatic nitrogens is 3. The summed E-state index contributed by atoms with van der Waals surface area (Å²) in [6.45, 7) is 2.41. The smallest absolute Gasteiger partial charge is 0.252 e. The van der Waals surface area contributed by atoms with Crippen LogP contribution in [0.4, 0.5) is 0 Å². The summed E-state index contributed by atoms with van der Waals surface area (Å²) in [5.41, 5.74) is 0.477. The van der Waals surface area contributed by atoms with Crippen molar-refractivity contribution >= 4 is 17.5 Å². The van der Waals surface area contributed by atoms with E-state index >= 15 is 0 Å². The molecule has 1 amide bonds. The molecule has 0 radical (unpaired) electrons. The predicted molar refractivity (Wildman–Crippen MR) is 68.5 cm³/mol. The Bertz CT molecular complexity index is 527. The van der Waals surface area contributed by atoms with E-state index in [1.54, 1.807) is 35.3 Å². The van der Waals surface area contributed by atoms with Gasteiger partial charge in [-0.05, 0) is 19.1 Å². The molecule has 5 nitrogen and oxygen atoms in total. The summed E-state index contributed by atoms with van der Waals surface area (Å²) < 4.78 is 1.69. The second kappa shape index (κ2) is 5.64. The molecule has 1 N–H and O–H groups in total. The second-order valence-corrected chi connectivity index (χ2v) is 4.32. The molecule has 0 spiro atoms. The van der Waals surface area contributed by atoms with Crippen molar-refractivity contribution in [1.82, 2.24) is 20.1 Å². The van der Waals surface area contributed by atoms with Gasteiger partial charge in [-0.1, -0.05) is 23.7 Å². The molecular formula is C12H13ClN4O. The first kappa shape index (κ1) is 12.6. The van der Waals surface area contributed by atoms with E-state index in [2.05, 4.69) is 15.4 Å². The Morgan fingerprint density at radius 1 is 1.50 bits per heavy atom. The Labute approximate surface area is 110 Å². The number of hydrogen-bond acceptors (Lipinski definition) is 3. The molecule has 0 fully saturated rings. The van der Waals surface area contributed by atoms with Crippen molar-refractivity contribution in [2.75, 3.05) is 6.54 Å². The number of hydrogen-bond donors (Lipinski definition) is 1. The largest absolute Gasteiger partial charge is 0.350 e. The Balaban J connectivity index is 1.95. The molecule has 1 aromatic carbocycles. The van der Waals surface area contributed by atoms with E-state index in [4.69, 9.17) is 11.6 Å². The molecule has 1 heterocycles. The van der Waals surface area contributed by atoms with Crippen LogP contribution in [0.2, 0.25) is 5.02 Å². The van der Waals surface area contributed by atoms with E-state index in [-0.39, 0.29) is 11.9 Å². The third-order valence-corrected chi connectivity index (χ3v) is 2.89. The molecule has 1 aromatic heterocycles. The number of benzene rings is 1. The van der Waals surface area contributed by atoms with Gasteiger partial charge in [0.1, 0.15) is 12.7 Å². The van der Waals surface area contributed by atoms with Crippen LogP contribution in [0.3, 0.4) is 0 Å². The zero-order valence-electron chi connectivity index (χ0n) is 9.88. The van der Waals surface area contributed by atoms with E-state index in [9.17, 15) is 4.79 Å². The number of nitrogens with zero attached hydrogens (tertiary/aromatic N) is 3. The molecule has 1 atom stereocenters. The summed E-state index contributed by atoms with van der Waals surface area (Å²) in [4.78, 5) is 15.8. The van der Waals surface area contributed by atoms with E-state index in [1.807, 2.05) is 6.92 Å². The standard InChI is InChI=1S/C12H13ClN4O/c1-9(17-8-14-7-16-17)6-15-12(18)10-4-2-3-5-11(10)13/h2-5,7-9H,6H2,1H3,(H,15,18)/t9-/m0/s1. The lowest BCUT2D eigenvalue weighted by molar-refractivity contribution is 0.0948. The van der Waals surface area contributed by atoms with Crippen molar-refractivity contribution in [3.63, 3.8) is 0 Å². The minimum atomic E-state index is -0.187. The van der Waals surface area contributed by atoms with Crippen LogP contribution >= 0.6 is 11.6 Å². The first-order valence-corrected chi connectivity index (χ1v) is 5.93. The van der Waals surface area contributed by atoms with Crippen LogP contribution in [-0.4, -0.2) is 27.2 Å². The van der Waals surface area contributed by atoms with Crippen molar-refractivity contribution in [2.45, 2.75) is 13.0 Å². The Morgan fingerprint density at radius 2 is 2.28 bits per heavy atom. The second-order valence-electron chi connectivity index (χ2n) is 3.91. The molecule has 0 aliphatic heterocycles. The molecule has 2 aromatic rings. The van der Waals surface area contributed by atoms with Gasteiger partial charge in [0.25, 0.3) is 5.91 Å². The van der Waals surface area contributed by atoms with Gasteiger partial charge in [-0.3, -0.25) is 4.79 Å². The number of carbonyl (C=O) groups excluding carboxylic acids is 1. The summed E-state index contributed by atoms with van der Waals surface area (Å²) >= 11 is 5.95. The molecule has 0 unspecified atom stereocenters. The van der Waals surface area contributed by atoms with E-state index in [0.29, 0.717) is 17.1 Å². The topological polar surface area (TPSA) is 59.8 Å². The van der Waals surface area contributed by atoms with Gasteiger partial charge in [-0.2, -0.15) is 5.10 Å². The third-order valence-electron chi connectivity index (χ3n) is 2.56. The molecule has 94 valence electrons. The fourth-order valence-corrected chi connectivity index (χ4v) is 1.74. The predicted octanol–water partition coefficient (Wildman–Crippen LogP) is 1.92. The van der Waals surface area contributed by atoms with Gasteiger partial charge in [0.15, 0.2) is 0 Å². The number of rotatable bonds is 4. The van der Waals surface area contributed by atoms with Crippen LogP contribution in [0.25, 0.3) is 0 Å². The average Bonchev–Trinajstić information content (AvgIpc) is 2.90. The highest BCUT2D eigenvalue weighted by Gasteiger charge is 2.11. The third kappa shape index (κ3) is 2.87. The maximum atomic E-state index is 11.9. The fourth-order valence-electron chi connectivity index (χ4n) is 1.52. The van der Waals surface area contributed by atoms with Gasteiger partial charge in [0.2, 0.25) is 0 Å². The molecule has 0 saturated heterocycles. The van der Waals surface area contributed by atoms with Crippen LogP contribution in [0.1, 0.15) is 23.3 Å². The lowest BCUT2D eigenvalue weighted by Gasteiger charge is -2.12. The van der Waals surface area contributed by atoms with Crippen molar-refractivity contribution in [3.05, 3.63) is 47.5 Å². The zero-order chi connectivity index (χ0) is 13.0. The van der Waals surface area contributed by atoms with Crippen LogP contribution in [0, 0.1) is 0 Å². The number of carbonyl (C=O) groups is 1. The van der Waals surface area contributed by atoms with Crippen molar-refractivity contribution < 1.29 is 4.79 Å². The monoisotopic (exact) mass is 264 g/mol. The first-order valence-electron chi connectivity index (χ1n) is 5.55. The molecule has 2 rings (SSSR count). The maximum absolute atomic E-state index is 11.9. The lowest BCUT2D eigenvalue weighted by atomic mass is 10.2. The molecule has 6 heteroatoms. The number of amides is 1. The average molecular weight is 265 g/mol. The van der Waals surface area contributed by atoms with E-state index in [1.165, 1.54) is 6.33 Å². The lowest BCUT2D eigenvalue weighted by Crippen LogP contribution is -2.29. The summed E-state index contributed by atoms with van der Waals surface area (Å²) in [5.74, 6) is -0.187. The number of nitrogens with one attached hydrogen (secondary N) is 1. The Kier molecular flexibility index (Phi) is 3.94. The first-order chi connectivity index (χ1) is 8.68. The maximum Gasteiger partial charge on any atom is 0.252 e. The van der Waals surface area contributed by atoms with Crippen LogP contribution in [0.5, 0.6) is 0 Å². The molecule has 0 aliphatic rings. The van der Waals surface area contributed by atoms with E-state index in [0.717, 1.165) is 0 Å². The van der Waals surface area contributed by atoms with Crippen LogP contribution in [0.15, 0.2) is 36.9 Å². The minimum absolute atomic E-state index is 0.0407. The van der Waals surface area contributed by atoms with Crippen LogP contribution < -0.4 is 5.32 Å². The van der Waals surface area contributed by atoms with Gasteiger partial charge in [-0.25, -0.2) is 9.67 Å². The van der Waals surface area contributed by atoms with Crippen molar-refractivity contribution in [3.8, 4) is 0 Å².